The molecule has 128 valence electrons. The van der Waals surface area contributed by atoms with Crippen LogP contribution in [0.2, 0.25) is 4.34 Å². The summed E-state index contributed by atoms with van der Waals surface area (Å²) in [5, 5.41) is 3.35. The predicted octanol–water partition coefficient (Wildman–Crippen LogP) is 2.50. The van der Waals surface area contributed by atoms with Crippen molar-refractivity contribution in [2.24, 2.45) is 16.6 Å². The molecule has 0 saturated carbocycles. The second kappa shape index (κ2) is 9.13. The minimum Gasteiger partial charge on any atom is -0.370 e. The molecule has 1 aliphatic rings. The van der Waals surface area contributed by atoms with Crippen LogP contribution in [0.3, 0.4) is 0 Å². The minimum atomic E-state index is -0.214. The van der Waals surface area contributed by atoms with Crippen molar-refractivity contribution in [3.8, 4) is 0 Å². The Morgan fingerprint density at radius 1 is 1.57 bits per heavy atom. The lowest BCUT2D eigenvalue weighted by atomic mass is 9.95. The standard InChI is InChI=1S/C16H25ClN4OS/c1-2-19-16(20-8-7-13-5-6-14(17)23-13)21-9-3-4-12(11-21)10-15(18)22/h5-6,12H,2-4,7-11H2,1H3,(H2,18,22)(H,19,20). The summed E-state index contributed by atoms with van der Waals surface area (Å²) in [7, 11) is 0. The van der Waals surface area contributed by atoms with Gasteiger partial charge in [0.15, 0.2) is 5.96 Å². The van der Waals surface area contributed by atoms with Crippen LogP contribution in [0.5, 0.6) is 0 Å². The maximum Gasteiger partial charge on any atom is 0.217 e. The van der Waals surface area contributed by atoms with Crippen LogP contribution >= 0.6 is 22.9 Å². The highest BCUT2D eigenvalue weighted by Gasteiger charge is 2.23. The van der Waals surface area contributed by atoms with Crippen LogP contribution < -0.4 is 11.1 Å². The summed E-state index contributed by atoms with van der Waals surface area (Å²) in [6.45, 7) is 5.46. The Kier molecular flexibility index (Phi) is 7.17. The number of aliphatic imine (C=N–C) groups is 1. The fraction of sp³-hybridized carbons (Fsp3) is 0.625. The summed E-state index contributed by atoms with van der Waals surface area (Å²) in [6, 6.07) is 3.98. The normalized spacial score (nSPS) is 19.0. The van der Waals surface area contributed by atoms with Crippen LogP contribution in [0.15, 0.2) is 17.1 Å². The van der Waals surface area contributed by atoms with Gasteiger partial charge < -0.3 is 16.0 Å². The number of hydrogen-bond donors (Lipinski definition) is 2. The number of thiophene rings is 1. The summed E-state index contributed by atoms with van der Waals surface area (Å²) >= 11 is 7.56. The molecule has 7 heteroatoms. The lowest BCUT2D eigenvalue weighted by Gasteiger charge is -2.34. The predicted molar refractivity (Wildman–Crippen MR) is 97.1 cm³/mol. The van der Waals surface area contributed by atoms with Gasteiger partial charge in [-0.3, -0.25) is 9.79 Å². The molecule has 5 nitrogen and oxygen atoms in total. The third-order valence-electron chi connectivity index (χ3n) is 3.89. The van der Waals surface area contributed by atoms with Gasteiger partial charge in [-0.05, 0) is 37.8 Å². The maximum absolute atomic E-state index is 11.1. The second-order valence-electron chi connectivity index (χ2n) is 5.82. The molecule has 1 saturated heterocycles. The van der Waals surface area contributed by atoms with Gasteiger partial charge in [-0.1, -0.05) is 11.6 Å². The van der Waals surface area contributed by atoms with Gasteiger partial charge in [-0.15, -0.1) is 11.3 Å². The first-order valence-corrected chi connectivity index (χ1v) is 9.33. The third kappa shape index (κ3) is 6.03. The van der Waals surface area contributed by atoms with Gasteiger partial charge >= 0.3 is 0 Å². The molecule has 1 amide bonds. The third-order valence-corrected chi connectivity index (χ3v) is 5.18. The first-order chi connectivity index (χ1) is 11.1. The van der Waals surface area contributed by atoms with Crippen LogP contribution in [-0.4, -0.2) is 42.9 Å². The Hall–Kier alpha value is -1.27. The molecule has 1 aromatic rings. The van der Waals surface area contributed by atoms with Crippen LogP contribution in [0.25, 0.3) is 0 Å². The average molecular weight is 357 g/mol. The second-order valence-corrected chi connectivity index (χ2v) is 7.62. The van der Waals surface area contributed by atoms with E-state index in [1.807, 2.05) is 6.07 Å². The first kappa shape index (κ1) is 18.1. The van der Waals surface area contributed by atoms with Crippen molar-refractivity contribution in [2.45, 2.75) is 32.6 Å². The summed E-state index contributed by atoms with van der Waals surface area (Å²) in [6.07, 6.45) is 3.49. The minimum absolute atomic E-state index is 0.214. The Balaban J connectivity index is 1.93. The largest absolute Gasteiger partial charge is 0.370 e. The zero-order valence-corrected chi connectivity index (χ0v) is 15.1. The SMILES string of the molecule is CCNC(=NCCc1ccc(Cl)s1)N1CCCC(CC(N)=O)C1. The lowest BCUT2D eigenvalue weighted by Crippen LogP contribution is -2.47. The number of guanidine groups is 1. The molecule has 3 N–H and O–H groups in total. The summed E-state index contributed by atoms with van der Waals surface area (Å²) in [4.78, 5) is 19.4. The molecule has 0 aliphatic carbocycles. The Bertz CT molecular complexity index is 546. The Morgan fingerprint density at radius 2 is 2.39 bits per heavy atom. The van der Waals surface area contributed by atoms with E-state index in [9.17, 15) is 4.79 Å². The smallest absolute Gasteiger partial charge is 0.217 e. The van der Waals surface area contributed by atoms with Crippen LogP contribution in [0.1, 0.15) is 31.1 Å². The molecule has 1 fully saturated rings. The van der Waals surface area contributed by atoms with E-state index >= 15 is 0 Å². The molecule has 2 heterocycles. The molecule has 1 unspecified atom stereocenters. The molecule has 1 aliphatic heterocycles. The van der Waals surface area contributed by atoms with Gasteiger partial charge in [-0.25, -0.2) is 0 Å². The van der Waals surface area contributed by atoms with Crippen molar-refractivity contribution < 1.29 is 4.79 Å². The number of carbonyl (C=O) groups is 1. The van der Waals surface area contributed by atoms with Gasteiger partial charge in [0.05, 0.1) is 4.34 Å². The highest BCUT2D eigenvalue weighted by molar-refractivity contribution is 7.16. The number of nitrogens with two attached hydrogens (primary N) is 1. The molecule has 2 rings (SSSR count). The number of nitrogens with zero attached hydrogens (tertiary/aromatic N) is 2. The van der Waals surface area contributed by atoms with Gasteiger partial charge in [0.25, 0.3) is 0 Å². The Labute approximate surface area is 146 Å². The monoisotopic (exact) mass is 356 g/mol. The quantitative estimate of drug-likeness (QED) is 0.607. The van der Waals surface area contributed by atoms with Crippen LogP contribution in [-0.2, 0) is 11.2 Å². The number of primary amides is 1. The molecular formula is C16H25ClN4OS. The molecule has 23 heavy (non-hydrogen) atoms. The highest BCUT2D eigenvalue weighted by Crippen LogP contribution is 2.22. The highest BCUT2D eigenvalue weighted by atomic mass is 35.5. The zero-order chi connectivity index (χ0) is 16.7. The van der Waals surface area contributed by atoms with Crippen molar-refractivity contribution in [3.05, 3.63) is 21.3 Å². The summed E-state index contributed by atoms with van der Waals surface area (Å²) < 4.78 is 0.821. The average Bonchev–Trinajstić information content (AvgIpc) is 2.91. The molecule has 0 bridgehead atoms. The van der Waals surface area contributed by atoms with Crippen LogP contribution in [0.4, 0.5) is 0 Å². The van der Waals surface area contributed by atoms with E-state index in [2.05, 4.69) is 23.2 Å². The van der Waals surface area contributed by atoms with E-state index in [4.69, 9.17) is 22.3 Å². The van der Waals surface area contributed by atoms with Crippen molar-refractivity contribution in [1.29, 1.82) is 0 Å². The van der Waals surface area contributed by atoms with E-state index in [0.717, 1.165) is 55.7 Å². The molecule has 1 atom stereocenters. The van der Waals surface area contributed by atoms with Crippen molar-refractivity contribution in [3.63, 3.8) is 0 Å². The molecule has 0 radical (unpaired) electrons. The number of hydrogen-bond acceptors (Lipinski definition) is 3. The maximum atomic E-state index is 11.1. The lowest BCUT2D eigenvalue weighted by molar-refractivity contribution is -0.119. The topological polar surface area (TPSA) is 70.7 Å². The number of halogens is 1. The fourth-order valence-electron chi connectivity index (χ4n) is 2.89. The molecule has 0 spiro atoms. The van der Waals surface area contributed by atoms with Gasteiger partial charge in [0.2, 0.25) is 5.91 Å². The van der Waals surface area contributed by atoms with Crippen molar-refractivity contribution in [2.75, 3.05) is 26.2 Å². The number of likely N-dealkylation sites (tertiary alicyclic amines) is 1. The van der Waals surface area contributed by atoms with E-state index in [1.54, 1.807) is 11.3 Å². The molecule has 1 aromatic heterocycles. The number of carbonyl (C=O) groups excluding carboxylic acids is 1. The van der Waals surface area contributed by atoms with Gasteiger partial charge in [0, 0.05) is 43.9 Å². The molecular weight excluding hydrogens is 332 g/mol. The van der Waals surface area contributed by atoms with Gasteiger partial charge in [0.1, 0.15) is 0 Å². The first-order valence-electron chi connectivity index (χ1n) is 8.14. The zero-order valence-electron chi connectivity index (χ0n) is 13.6. The summed E-state index contributed by atoms with van der Waals surface area (Å²) in [5.74, 6) is 1.05. The number of rotatable bonds is 6. The molecule has 0 aromatic carbocycles. The van der Waals surface area contributed by atoms with E-state index in [1.165, 1.54) is 4.88 Å². The van der Waals surface area contributed by atoms with Gasteiger partial charge in [-0.2, -0.15) is 0 Å². The van der Waals surface area contributed by atoms with Crippen LogP contribution in [0, 0.1) is 5.92 Å². The van der Waals surface area contributed by atoms with E-state index in [0.29, 0.717) is 12.3 Å². The summed E-state index contributed by atoms with van der Waals surface area (Å²) in [5.41, 5.74) is 5.34. The number of piperidine rings is 1. The van der Waals surface area contributed by atoms with Crippen molar-refractivity contribution in [1.82, 2.24) is 10.2 Å². The fourth-order valence-corrected chi connectivity index (χ4v) is 3.97. The Morgan fingerprint density at radius 3 is 3.04 bits per heavy atom. The van der Waals surface area contributed by atoms with E-state index < -0.39 is 0 Å². The van der Waals surface area contributed by atoms with E-state index in [-0.39, 0.29) is 5.91 Å². The number of amides is 1. The number of nitrogens with one attached hydrogen (secondary N) is 1. The van der Waals surface area contributed by atoms with Crippen molar-refractivity contribution >= 4 is 34.8 Å².